The number of anilines is 1. The number of nitrogens with zero attached hydrogens (tertiary/aromatic N) is 3. The number of methoxy groups -OCH3 is 1. The maximum atomic E-state index is 12.5. The van der Waals surface area contributed by atoms with Gasteiger partial charge in [-0.05, 0) is 13.8 Å². The topological polar surface area (TPSA) is 125 Å². The van der Waals surface area contributed by atoms with Crippen LogP contribution in [-0.2, 0) is 4.74 Å². The van der Waals surface area contributed by atoms with Crippen LogP contribution in [0, 0.1) is 21.7 Å². The Morgan fingerprint density at radius 3 is 2.50 bits per heavy atom. The predicted molar refractivity (Wildman–Crippen MR) is 83.4 cm³/mol. The first-order valence-corrected chi connectivity index (χ1v) is 7.12. The summed E-state index contributed by atoms with van der Waals surface area (Å²) in [6, 6.07) is 4.03. The molecular weight excluding hydrogens is 340 g/mol. The van der Waals surface area contributed by atoms with E-state index in [0.29, 0.717) is 0 Å². The number of nitrogens with one attached hydrogen (secondary N) is 1. The highest BCUT2D eigenvalue weighted by molar-refractivity contribution is 6.32. The minimum atomic E-state index is -0.966. The van der Waals surface area contributed by atoms with E-state index < -0.39 is 23.7 Å². The van der Waals surface area contributed by atoms with E-state index in [4.69, 9.17) is 21.1 Å². The SMILES string of the molecule is COc1cc2c(cc1Cl)[n+]([O-])c(C#N)c(NC(=O)OC(C)C)[n+]2[O-]. The molecular formula is C14H13ClN4O5. The molecule has 2 aromatic rings. The van der Waals surface area contributed by atoms with Crippen LogP contribution >= 0.6 is 11.6 Å². The number of ether oxygens (including phenoxy) is 2. The lowest BCUT2D eigenvalue weighted by molar-refractivity contribution is -0.620. The predicted octanol–water partition coefficient (Wildman–Crippen LogP) is 1.60. The van der Waals surface area contributed by atoms with E-state index in [0.717, 1.165) is 0 Å². The molecule has 0 saturated carbocycles. The average molecular weight is 353 g/mol. The van der Waals surface area contributed by atoms with Gasteiger partial charge in [0.05, 0.1) is 12.1 Å². The van der Waals surface area contributed by atoms with Crippen molar-refractivity contribution in [1.82, 2.24) is 0 Å². The lowest BCUT2D eigenvalue weighted by Gasteiger charge is -2.14. The molecule has 0 aliphatic rings. The van der Waals surface area contributed by atoms with Gasteiger partial charge in [0.15, 0.2) is 6.07 Å². The molecule has 0 aliphatic heterocycles. The number of benzene rings is 1. The number of nitriles is 1. The Balaban J connectivity index is 2.71. The van der Waals surface area contributed by atoms with Crippen LogP contribution < -0.4 is 19.5 Å². The molecule has 0 spiro atoms. The van der Waals surface area contributed by atoms with E-state index in [1.165, 1.54) is 19.2 Å². The van der Waals surface area contributed by atoms with Crippen molar-refractivity contribution in [1.29, 1.82) is 5.26 Å². The first kappa shape index (κ1) is 17.4. The minimum absolute atomic E-state index is 0.0958. The molecule has 9 nitrogen and oxygen atoms in total. The van der Waals surface area contributed by atoms with Crippen molar-refractivity contribution in [2.45, 2.75) is 20.0 Å². The molecule has 126 valence electrons. The zero-order valence-corrected chi connectivity index (χ0v) is 13.7. The summed E-state index contributed by atoms with van der Waals surface area (Å²) in [5.74, 6) is -0.385. The van der Waals surface area contributed by atoms with Crippen molar-refractivity contribution in [3.63, 3.8) is 0 Å². The summed E-state index contributed by atoms with van der Waals surface area (Å²) in [6.07, 6.45) is -1.42. The van der Waals surface area contributed by atoms with Gasteiger partial charge in [0, 0.05) is 12.1 Å². The van der Waals surface area contributed by atoms with Crippen molar-refractivity contribution in [2.24, 2.45) is 0 Å². The second kappa shape index (κ2) is 6.64. The van der Waals surface area contributed by atoms with Crippen molar-refractivity contribution in [3.8, 4) is 11.8 Å². The number of fused-ring (bicyclic) bond motifs is 1. The minimum Gasteiger partial charge on any atom is -0.710 e. The van der Waals surface area contributed by atoms with Gasteiger partial charge in [-0.1, -0.05) is 11.6 Å². The number of rotatable bonds is 3. The number of hydrogen-bond acceptors (Lipinski definition) is 6. The summed E-state index contributed by atoms with van der Waals surface area (Å²) < 4.78 is 10.3. The van der Waals surface area contributed by atoms with Crippen LogP contribution in [0.5, 0.6) is 5.75 Å². The monoisotopic (exact) mass is 352 g/mol. The molecule has 0 aliphatic carbocycles. The summed E-state index contributed by atoms with van der Waals surface area (Å²) in [6.45, 7) is 3.22. The molecule has 0 bridgehead atoms. The van der Waals surface area contributed by atoms with Crippen LogP contribution in [0.1, 0.15) is 19.5 Å². The standard InChI is InChI=1S/C14H13ClN4O5/c1-7(2)24-14(20)17-13-11(6-16)18(21)9-4-8(15)12(23-3)5-10(9)19(13)22/h4-5,7H,1-3H3,(H,17,20). The zero-order valence-electron chi connectivity index (χ0n) is 13.0. The summed E-state index contributed by atoms with van der Waals surface area (Å²) in [4.78, 5) is 11.7. The molecule has 1 aromatic heterocycles. The smallest absolute Gasteiger partial charge is 0.505 e. The van der Waals surface area contributed by atoms with Gasteiger partial charge in [-0.3, -0.25) is 0 Å². The van der Waals surface area contributed by atoms with Crippen LogP contribution in [0.15, 0.2) is 12.1 Å². The highest BCUT2D eigenvalue weighted by Crippen LogP contribution is 2.28. The van der Waals surface area contributed by atoms with Gasteiger partial charge in [0.25, 0.3) is 5.52 Å². The Hall–Kier alpha value is -2.99. The average Bonchev–Trinajstić information content (AvgIpc) is 2.51. The van der Waals surface area contributed by atoms with E-state index >= 15 is 0 Å². The van der Waals surface area contributed by atoms with Crippen molar-refractivity contribution < 1.29 is 23.7 Å². The molecule has 0 saturated heterocycles. The highest BCUT2D eigenvalue weighted by atomic mass is 35.5. The molecule has 10 heteroatoms. The molecule has 0 radical (unpaired) electrons. The fourth-order valence-electron chi connectivity index (χ4n) is 2.00. The Labute approximate surface area is 141 Å². The molecule has 1 N–H and O–H groups in total. The lowest BCUT2D eigenvalue weighted by atomic mass is 10.2. The maximum Gasteiger partial charge on any atom is 0.505 e. The fourth-order valence-corrected chi connectivity index (χ4v) is 2.23. The zero-order chi connectivity index (χ0) is 18.0. The molecule has 1 amide bonds. The Morgan fingerprint density at radius 2 is 1.96 bits per heavy atom. The van der Waals surface area contributed by atoms with Gasteiger partial charge in [-0.2, -0.15) is 15.4 Å². The number of halogens is 1. The third-order valence-electron chi connectivity index (χ3n) is 2.99. The van der Waals surface area contributed by atoms with Crippen LogP contribution in [0.25, 0.3) is 11.0 Å². The first-order chi connectivity index (χ1) is 11.3. The molecule has 2 rings (SSSR count). The normalized spacial score (nSPS) is 10.5. The fraction of sp³-hybridized carbons (Fsp3) is 0.286. The van der Waals surface area contributed by atoms with Crippen molar-refractivity contribution in [3.05, 3.63) is 33.3 Å². The Kier molecular flexibility index (Phi) is 4.80. The molecule has 0 unspecified atom stereocenters. The van der Waals surface area contributed by atoms with E-state index in [-0.39, 0.29) is 31.3 Å². The highest BCUT2D eigenvalue weighted by Gasteiger charge is 2.30. The number of aromatic nitrogens is 2. The van der Waals surface area contributed by atoms with Crippen LogP contribution in [0.3, 0.4) is 0 Å². The van der Waals surface area contributed by atoms with Crippen LogP contribution in [0.2, 0.25) is 5.02 Å². The van der Waals surface area contributed by atoms with Crippen molar-refractivity contribution >= 4 is 34.5 Å². The lowest BCUT2D eigenvalue weighted by Crippen LogP contribution is -2.45. The van der Waals surface area contributed by atoms with E-state index in [2.05, 4.69) is 5.32 Å². The summed E-state index contributed by atoms with van der Waals surface area (Å²) >= 11 is 5.94. The quantitative estimate of drug-likeness (QED) is 0.660. The second-order valence-corrected chi connectivity index (χ2v) is 5.36. The van der Waals surface area contributed by atoms with Gasteiger partial charge in [-0.15, -0.1) is 4.73 Å². The number of amides is 1. The van der Waals surface area contributed by atoms with Crippen LogP contribution in [-0.4, -0.2) is 19.3 Å². The second-order valence-electron chi connectivity index (χ2n) is 4.95. The van der Waals surface area contributed by atoms with E-state index in [1.54, 1.807) is 19.9 Å². The Bertz CT molecular complexity index is 863. The largest absolute Gasteiger partial charge is 0.710 e. The van der Waals surface area contributed by atoms with Gasteiger partial charge in [-0.25, -0.2) is 4.73 Å². The van der Waals surface area contributed by atoms with E-state index in [9.17, 15) is 20.5 Å². The Morgan fingerprint density at radius 1 is 1.33 bits per heavy atom. The number of carbonyl (C=O) groups is 1. The molecule has 1 heterocycles. The summed E-state index contributed by atoms with van der Waals surface area (Å²) in [5, 5.41) is 36.2. The first-order valence-electron chi connectivity index (χ1n) is 6.74. The maximum absolute atomic E-state index is 12.5. The van der Waals surface area contributed by atoms with Crippen molar-refractivity contribution in [2.75, 3.05) is 12.4 Å². The summed E-state index contributed by atoms with van der Waals surface area (Å²) in [5.41, 5.74) is -0.875. The van der Waals surface area contributed by atoms with E-state index in [1.807, 2.05) is 0 Å². The van der Waals surface area contributed by atoms with Gasteiger partial charge < -0.3 is 19.9 Å². The summed E-state index contributed by atoms with van der Waals surface area (Å²) in [7, 11) is 1.34. The molecule has 1 aromatic carbocycles. The molecule has 24 heavy (non-hydrogen) atoms. The third kappa shape index (κ3) is 3.04. The van der Waals surface area contributed by atoms with Gasteiger partial charge in [0.1, 0.15) is 11.9 Å². The molecule has 0 fully saturated rings. The van der Waals surface area contributed by atoms with Crippen LogP contribution in [0.4, 0.5) is 10.6 Å². The number of hydrogen-bond donors (Lipinski definition) is 1. The number of carbonyl (C=O) groups excluding carboxylic acids is 1. The van der Waals surface area contributed by atoms with Gasteiger partial charge in [0.2, 0.25) is 5.52 Å². The van der Waals surface area contributed by atoms with Gasteiger partial charge >= 0.3 is 17.6 Å². The third-order valence-corrected chi connectivity index (χ3v) is 3.28. The molecule has 0 atom stereocenters.